The van der Waals surface area contributed by atoms with Crippen LogP contribution in [0.2, 0.25) is 0 Å². The van der Waals surface area contributed by atoms with Gasteiger partial charge >= 0.3 is 12.0 Å². The van der Waals surface area contributed by atoms with Gasteiger partial charge in [-0.25, -0.2) is 9.59 Å². The molecule has 0 fully saturated rings. The van der Waals surface area contributed by atoms with Crippen molar-refractivity contribution in [1.29, 1.82) is 0 Å². The smallest absolute Gasteiger partial charge is 0.337 e. The number of hydrogen-bond donors (Lipinski definition) is 2. The van der Waals surface area contributed by atoms with Gasteiger partial charge < -0.3 is 20.1 Å². The van der Waals surface area contributed by atoms with Gasteiger partial charge in [0.1, 0.15) is 12.4 Å². The first-order valence-corrected chi connectivity index (χ1v) is 10.2. The molecule has 1 aliphatic rings. The second kappa shape index (κ2) is 9.96. The van der Waals surface area contributed by atoms with E-state index in [0.717, 1.165) is 24.0 Å². The molecule has 30 heavy (non-hydrogen) atoms. The lowest BCUT2D eigenvalue weighted by Crippen LogP contribution is -2.45. The van der Waals surface area contributed by atoms with E-state index in [9.17, 15) is 9.59 Å². The van der Waals surface area contributed by atoms with Crippen molar-refractivity contribution in [3.05, 3.63) is 76.5 Å². The number of carbonyl (C=O) groups excluding carboxylic acids is 2. The monoisotopic (exact) mass is 408 g/mol. The van der Waals surface area contributed by atoms with Crippen LogP contribution in [-0.4, -0.2) is 19.1 Å². The Morgan fingerprint density at radius 1 is 1.13 bits per heavy atom. The van der Waals surface area contributed by atoms with Crippen LogP contribution in [0, 0.1) is 6.92 Å². The molecule has 2 amide bonds. The predicted octanol–water partition coefficient (Wildman–Crippen LogP) is 4.55. The maximum absolute atomic E-state index is 12.6. The number of benzene rings is 2. The van der Waals surface area contributed by atoms with Gasteiger partial charge in [-0.1, -0.05) is 55.3 Å². The molecule has 1 atom stereocenters. The Labute approximate surface area is 177 Å². The van der Waals surface area contributed by atoms with Crippen molar-refractivity contribution in [2.75, 3.05) is 7.11 Å². The Hall–Kier alpha value is -3.28. The maximum atomic E-state index is 12.6. The summed E-state index contributed by atoms with van der Waals surface area (Å²) in [4.78, 5) is 24.8. The zero-order valence-corrected chi connectivity index (χ0v) is 17.7. The number of unbranched alkanes of at least 4 members (excludes halogenated alkanes) is 1. The molecule has 2 aromatic carbocycles. The lowest BCUT2D eigenvalue weighted by Gasteiger charge is -2.29. The molecule has 2 N–H and O–H groups in total. The molecule has 0 saturated carbocycles. The molecule has 0 saturated heterocycles. The molecule has 0 aliphatic carbocycles. The third-order valence-corrected chi connectivity index (χ3v) is 5.06. The highest BCUT2D eigenvalue weighted by Gasteiger charge is 2.33. The fourth-order valence-corrected chi connectivity index (χ4v) is 3.40. The third-order valence-electron chi connectivity index (χ3n) is 5.06. The summed E-state index contributed by atoms with van der Waals surface area (Å²) in [6, 6.07) is 14.7. The molecule has 2 aromatic rings. The summed E-state index contributed by atoms with van der Waals surface area (Å²) >= 11 is 0. The highest BCUT2D eigenvalue weighted by Crippen LogP contribution is 2.31. The molecule has 6 nitrogen and oxygen atoms in total. The fourth-order valence-electron chi connectivity index (χ4n) is 3.40. The highest BCUT2D eigenvalue weighted by molar-refractivity contribution is 5.95. The van der Waals surface area contributed by atoms with Crippen LogP contribution in [0.25, 0.3) is 0 Å². The number of esters is 1. The zero-order valence-electron chi connectivity index (χ0n) is 17.7. The molecule has 3 rings (SSSR count). The Balaban J connectivity index is 1.86. The van der Waals surface area contributed by atoms with Crippen LogP contribution in [0.5, 0.6) is 5.75 Å². The number of allylic oxidation sites excluding steroid dienone is 1. The molecule has 1 heterocycles. The van der Waals surface area contributed by atoms with E-state index in [4.69, 9.17) is 9.47 Å². The van der Waals surface area contributed by atoms with E-state index in [-0.39, 0.29) is 6.03 Å². The zero-order chi connectivity index (χ0) is 21.5. The Morgan fingerprint density at radius 2 is 1.90 bits per heavy atom. The summed E-state index contributed by atoms with van der Waals surface area (Å²) in [6.07, 6.45) is 2.42. The number of amides is 2. The molecular weight excluding hydrogens is 380 g/mol. The first kappa shape index (κ1) is 21.4. The van der Waals surface area contributed by atoms with Crippen molar-refractivity contribution in [2.45, 2.75) is 45.8 Å². The SMILES string of the molecule is CCCCC1=C(C(=O)OC)C(c2cccc(OCc3ccc(C)cc3)c2)NC(=O)N1. The van der Waals surface area contributed by atoms with Crippen molar-refractivity contribution in [3.63, 3.8) is 0 Å². The van der Waals surface area contributed by atoms with Crippen LogP contribution in [-0.2, 0) is 16.1 Å². The van der Waals surface area contributed by atoms with E-state index in [0.29, 0.717) is 30.0 Å². The first-order valence-electron chi connectivity index (χ1n) is 10.2. The van der Waals surface area contributed by atoms with Gasteiger partial charge in [0, 0.05) is 5.70 Å². The Morgan fingerprint density at radius 3 is 2.60 bits per heavy atom. The molecule has 0 spiro atoms. The van der Waals surface area contributed by atoms with Crippen LogP contribution < -0.4 is 15.4 Å². The van der Waals surface area contributed by atoms with Gasteiger partial charge in [0.2, 0.25) is 0 Å². The second-order valence-corrected chi connectivity index (χ2v) is 7.37. The van der Waals surface area contributed by atoms with Gasteiger partial charge in [-0.3, -0.25) is 0 Å². The van der Waals surface area contributed by atoms with E-state index in [2.05, 4.69) is 17.6 Å². The third kappa shape index (κ3) is 5.20. The number of hydrogen-bond acceptors (Lipinski definition) is 4. The molecule has 1 aliphatic heterocycles. The van der Waals surface area contributed by atoms with E-state index in [1.165, 1.54) is 12.7 Å². The van der Waals surface area contributed by atoms with Crippen molar-refractivity contribution in [1.82, 2.24) is 10.6 Å². The summed E-state index contributed by atoms with van der Waals surface area (Å²) < 4.78 is 11.0. The average Bonchev–Trinajstić information content (AvgIpc) is 2.76. The Bertz CT molecular complexity index is 934. The normalized spacial score (nSPS) is 16.0. The summed E-state index contributed by atoms with van der Waals surface area (Å²) in [5.74, 6) is 0.213. The van der Waals surface area contributed by atoms with Crippen molar-refractivity contribution < 1.29 is 19.1 Å². The highest BCUT2D eigenvalue weighted by atomic mass is 16.5. The van der Waals surface area contributed by atoms with E-state index in [1.54, 1.807) is 0 Å². The molecule has 0 radical (unpaired) electrons. The number of urea groups is 1. The number of nitrogens with one attached hydrogen (secondary N) is 2. The number of carbonyl (C=O) groups is 2. The van der Waals surface area contributed by atoms with Gasteiger partial charge in [0.25, 0.3) is 0 Å². The van der Waals surface area contributed by atoms with Crippen LogP contribution in [0.15, 0.2) is 59.8 Å². The maximum Gasteiger partial charge on any atom is 0.337 e. The number of aryl methyl sites for hydroxylation is 1. The minimum Gasteiger partial charge on any atom is -0.489 e. The molecule has 0 aromatic heterocycles. The standard InChI is InChI=1S/C24H28N2O4/c1-4-5-9-20-21(23(27)29-3)22(26-24(28)25-20)18-7-6-8-19(14-18)30-15-17-12-10-16(2)11-13-17/h6-8,10-14,22H,4-5,9,15H2,1-3H3,(H2,25,26,28). The van der Waals surface area contributed by atoms with Gasteiger partial charge in [-0.05, 0) is 43.0 Å². The summed E-state index contributed by atoms with van der Waals surface area (Å²) in [5, 5.41) is 5.63. The van der Waals surface area contributed by atoms with E-state index in [1.807, 2.05) is 55.5 Å². The van der Waals surface area contributed by atoms with E-state index >= 15 is 0 Å². The van der Waals surface area contributed by atoms with Crippen LogP contribution in [0.1, 0.15) is 48.9 Å². The molecule has 1 unspecified atom stereocenters. The lowest BCUT2D eigenvalue weighted by atomic mass is 9.93. The quantitative estimate of drug-likeness (QED) is 0.629. The van der Waals surface area contributed by atoms with Crippen LogP contribution in [0.4, 0.5) is 4.79 Å². The predicted molar refractivity (Wildman–Crippen MR) is 115 cm³/mol. The first-order chi connectivity index (χ1) is 14.5. The number of rotatable bonds is 8. The van der Waals surface area contributed by atoms with Gasteiger partial charge in [-0.15, -0.1) is 0 Å². The number of methoxy groups -OCH3 is 1. The summed E-state index contributed by atoms with van der Waals surface area (Å²) in [5.41, 5.74) is 4.08. The topological polar surface area (TPSA) is 76.7 Å². The summed E-state index contributed by atoms with van der Waals surface area (Å²) in [7, 11) is 1.35. The van der Waals surface area contributed by atoms with Crippen LogP contribution >= 0.6 is 0 Å². The molecule has 158 valence electrons. The fraction of sp³-hybridized carbons (Fsp3) is 0.333. The average molecular weight is 408 g/mol. The number of ether oxygens (including phenoxy) is 2. The largest absolute Gasteiger partial charge is 0.489 e. The van der Waals surface area contributed by atoms with Gasteiger partial charge in [-0.2, -0.15) is 0 Å². The molecular formula is C24H28N2O4. The molecule has 0 bridgehead atoms. The van der Waals surface area contributed by atoms with Crippen molar-refractivity contribution in [3.8, 4) is 5.75 Å². The Kier molecular flexibility index (Phi) is 7.12. The van der Waals surface area contributed by atoms with Crippen LogP contribution in [0.3, 0.4) is 0 Å². The second-order valence-electron chi connectivity index (χ2n) is 7.37. The van der Waals surface area contributed by atoms with Crippen molar-refractivity contribution in [2.24, 2.45) is 0 Å². The lowest BCUT2D eigenvalue weighted by molar-refractivity contribution is -0.136. The van der Waals surface area contributed by atoms with Gasteiger partial charge in [0.15, 0.2) is 0 Å². The van der Waals surface area contributed by atoms with Gasteiger partial charge in [0.05, 0.1) is 18.7 Å². The summed E-state index contributed by atoms with van der Waals surface area (Å²) in [6.45, 7) is 4.54. The minimum atomic E-state index is -0.596. The molecule has 6 heteroatoms. The van der Waals surface area contributed by atoms with E-state index < -0.39 is 12.0 Å². The van der Waals surface area contributed by atoms with Crippen molar-refractivity contribution >= 4 is 12.0 Å². The minimum absolute atomic E-state index is 0.329.